The molecule has 3 rings (SSSR count). The second-order valence-electron chi connectivity index (χ2n) is 9.93. The van der Waals surface area contributed by atoms with Crippen LogP contribution in [-0.4, -0.2) is 70.9 Å². The van der Waals surface area contributed by atoms with Crippen LogP contribution in [0.25, 0.3) is 11.0 Å². The van der Waals surface area contributed by atoms with E-state index in [1.54, 1.807) is 18.7 Å². The minimum absolute atomic E-state index is 0.225. The molecule has 35 heavy (non-hydrogen) atoms. The van der Waals surface area contributed by atoms with Crippen molar-refractivity contribution in [2.24, 2.45) is 13.0 Å². The SMILES string of the molecule is CCCC(CCC)CN1CCN(Cc2ccc3c(c2)n(C)c(=O)n3C(CCC=O)C(=O)NC)CC1. The van der Waals surface area contributed by atoms with Crippen LogP contribution in [0.1, 0.15) is 64.0 Å². The van der Waals surface area contributed by atoms with Gasteiger partial charge in [-0.1, -0.05) is 32.8 Å². The third-order valence-electron chi connectivity index (χ3n) is 7.35. The van der Waals surface area contributed by atoms with Gasteiger partial charge in [-0.05, 0) is 42.9 Å². The summed E-state index contributed by atoms with van der Waals surface area (Å²) in [6.45, 7) is 10.9. The van der Waals surface area contributed by atoms with Crippen LogP contribution >= 0.6 is 0 Å². The van der Waals surface area contributed by atoms with E-state index in [-0.39, 0.29) is 18.0 Å². The van der Waals surface area contributed by atoms with Gasteiger partial charge in [0.2, 0.25) is 5.91 Å². The molecule has 8 heteroatoms. The molecule has 0 radical (unpaired) electrons. The number of imidazole rings is 1. The Hall–Kier alpha value is -2.45. The van der Waals surface area contributed by atoms with Gasteiger partial charge in [-0.25, -0.2) is 4.79 Å². The fraction of sp³-hybridized carbons (Fsp3) is 0.667. The number of hydrogen-bond donors (Lipinski definition) is 1. The number of fused-ring (bicyclic) bond motifs is 1. The van der Waals surface area contributed by atoms with E-state index >= 15 is 0 Å². The van der Waals surface area contributed by atoms with E-state index in [2.05, 4.69) is 41.1 Å². The van der Waals surface area contributed by atoms with Gasteiger partial charge in [0.1, 0.15) is 12.3 Å². The highest BCUT2D eigenvalue weighted by molar-refractivity contribution is 5.84. The minimum Gasteiger partial charge on any atom is -0.357 e. The molecule has 0 aliphatic carbocycles. The number of amides is 1. The van der Waals surface area contributed by atoms with Crippen LogP contribution in [0.4, 0.5) is 0 Å². The average Bonchev–Trinajstić information content (AvgIpc) is 3.10. The third-order valence-corrected chi connectivity index (χ3v) is 7.35. The maximum absolute atomic E-state index is 13.1. The van der Waals surface area contributed by atoms with E-state index in [9.17, 15) is 14.4 Å². The van der Waals surface area contributed by atoms with Crippen molar-refractivity contribution in [2.45, 2.75) is 65.0 Å². The lowest BCUT2D eigenvalue weighted by Gasteiger charge is -2.36. The van der Waals surface area contributed by atoms with E-state index in [0.717, 1.165) is 61.5 Å². The second kappa shape index (κ2) is 13.0. The first-order chi connectivity index (χ1) is 16.9. The second-order valence-corrected chi connectivity index (χ2v) is 9.93. The van der Waals surface area contributed by atoms with E-state index in [0.29, 0.717) is 6.42 Å². The Kier molecular flexibility index (Phi) is 10.1. The minimum atomic E-state index is -0.704. The summed E-state index contributed by atoms with van der Waals surface area (Å²) in [6.07, 6.45) is 6.48. The molecule has 1 saturated heterocycles. The predicted molar refractivity (Wildman–Crippen MR) is 141 cm³/mol. The lowest BCUT2D eigenvalue weighted by molar-refractivity contribution is -0.124. The normalized spacial score (nSPS) is 16.1. The summed E-state index contributed by atoms with van der Waals surface area (Å²) in [5, 5.41) is 2.63. The van der Waals surface area contributed by atoms with Gasteiger partial charge in [0.25, 0.3) is 0 Å². The Morgan fingerprint density at radius 3 is 2.29 bits per heavy atom. The van der Waals surface area contributed by atoms with Gasteiger partial charge in [-0.2, -0.15) is 0 Å². The molecule has 8 nitrogen and oxygen atoms in total. The summed E-state index contributed by atoms with van der Waals surface area (Å²) >= 11 is 0. The predicted octanol–water partition coefficient (Wildman–Crippen LogP) is 2.94. The zero-order valence-corrected chi connectivity index (χ0v) is 22.0. The molecule has 1 unspecified atom stereocenters. The monoisotopic (exact) mass is 485 g/mol. The molecule has 1 aliphatic heterocycles. The number of aryl methyl sites for hydroxylation is 1. The van der Waals surface area contributed by atoms with E-state index in [4.69, 9.17) is 0 Å². The Labute approximate surface area is 209 Å². The number of nitrogens with one attached hydrogen (secondary N) is 1. The first kappa shape index (κ1) is 27.1. The van der Waals surface area contributed by atoms with E-state index in [1.165, 1.54) is 36.8 Å². The summed E-state index contributed by atoms with van der Waals surface area (Å²) in [5.41, 5.74) is 2.47. The highest BCUT2D eigenvalue weighted by Gasteiger charge is 2.25. The highest BCUT2D eigenvalue weighted by atomic mass is 16.2. The van der Waals surface area contributed by atoms with Gasteiger partial charge in [-0.3, -0.25) is 18.8 Å². The fourth-order valence-corrected chi connectivity index (χ4v) is 5.48. The number of likely N-dealkylation sites (N-methyl/N-ethyl adjacent to an activating group) is 1. The quantitative estimate of drug-likeness (QED) is 0.441. The van der Waals surface area contributed by atoms with Crippen molar-refractivity contribution in [2.75, 3.05) is 39.8 Å². The number of aldehydes is 1. The molecular formula is C27H43N5O3. The molecule has 1 N–H and O–H groups in total. The topological polar surface area (TPSA) is 79.6 Å². The van der Waals surface area contributed by atoms with Crippen molar-refractivity contribution < 1.29 is 9.59 Å². The average molecular weight is 486 g/mol. The first-order valence-corrected chi connectivity index (χ1v) is 13.2. The number of aromatic nitrogens is 2. The number of hydrogen-bond acceptors (Lipinski definition) is 5. The van der Waals surface area contributed by atoms with Gasteiger partial charge >= 0.3 is 5.69 Å². The number of benzene rings is 1. The van der Waals surface area contributed by atoms with Gasteiger partial charge < -0.3 is 15.0 Å². The number of rotatable bonds is 13. The van der Waals surface area contributed by atoms with Crippen molar-refractivity contribution in [3.63, 3.8) is 0 Å². The number of nitrogens with zero attached hydrogens (tertiary/aromatic N) is 4. The molecule has 194 valence electrons. The van der Waals surface area contributed by atoms with Gasteiger partial charge in [0, 0.05) is 59.8 Å². The summed E-state index contributed by atoms with van der Waals surface area (Å²) in [7, 11) is 3.30. The standard InChI is InChI=1S/C27H43N5O3/c1-5-8-21(9-6-2)19-30-13-15-31(16-14-30)20-22-11-12-23-25(18-22)29(4)27(35)32(23)24(10-7-17-33)26(34)28-3/h11-12,17-18,21,24H,5-10,13-16,19-20H2,1-4H3,(H,28,34). The Morgan fingerprint density at radius 1 is 1.03 bits per heavy atom. The van der Waals surface area contributed by atoms with Crippen molar-refractivity contribution >= 4 is 23.2 Å². The van der Waals surface area contributed by atoms with Gasteiger partial charge in [0.05, 0.1) is 11.0 Å². The summed E-state index contributed by atoms with van der Waals surface area (Å²) in [5.74, 6) is 0.554. The smallest absolute Gasteiger partial charge is 0.329 e. The number of carbonyl (C=O) groups excluding carboxylic acids is 2. The molecule has 0 spiro atoms. The van der Waals surface area contributed by atoms with Crippen LogP contribution < -0.4 is 11.0 Å². The van der Waals surface area contributed by atoms with Crippen LogP contribution in [0.2, 0.25) is 0 Å². The Balaban J connectivity index is 1.71. The molecule has 2 heterocycles. The first-order valence-electron chi connectivity index (χ1n) is 13.2. The van der Waals surface area contributed by atoms with Crippen LogP contribution in [0.3, 0.4) is 0 Å². The molecule has 1 aromatic carbocycles. The third kappa shape index (κ3) is 6.61. The molecule has 1 aliphatic rings. The maximum atomic E-state index is 13.1. The van der Waals surface area contributed by atoms with Crippen LogP contribution in [0, 0.1) is 5.92 Å². The largest absolute Gasteiger partial charge is 0.357 e. The van der Waals surface area contributed by atoms with Crippen molar-refractivity contribution in [3.8, 4) is 0 Å². The molecule has 1 aromatic heterocycles. The molecule has 1 atom stereocenters. The zero-order valence-electron chi connectivity index (χ0n) is 22.0. The molecule has 2 aromatic rings. The molecule has 1 fully saturated rings. The lowest BCUT2D eigenvalue weighted by atomic mass is 9.97. The summed E-state index contributed by atoms with van der Waals surface area (Å²) < 4.78 is 3.14. The number of piperazine rings is 1. The van der Waals surface area contributed by atoms with Crippen LogP contribution in [0.5, 0.6) is 0 Å². The van der Waals surface area contributed by atoms with Gasteiger partial charge in [0.15, 0.2) is 0 Å². The fourth-order valence-electron chi connectivity index (χ4n) is 5.48. The van der Waals surface area contributed by atoms with Crippen LogP contribution in [0.15, 0.2) is 23.0 Å². The molecular weight excluding hydrogens is 442 g/mol. The molecule has 1 amide bonds. The number of carbonyl (C=O) groups is 2. The molecule has 0 saturated carbocycles. The lowest BCUT2D eigenvalue weighted by Crippen LogP contribution is -2.47. The van der Waals surface area contributed by atoms with E-state index in [1.807, 2.05) is 6.07 Å². The Morgan fingerprint density at radius 2 is 1.69 bits per heavy atom. The van der Waals surface area contributed by atoms with E-state index < -0.39 is 6.04 Å². The maximum Gasteiger partial charge on any atom is 0.329 e. The van der Waals surface area contributed by atoms with Gasteiger partial charge in [-0.15, -0.1) is 0 Å². The Bertz CT molecular complexity index is 1030. The highest BCUT2D eigenvalue weighted by Crippen LogP contribution is 2.23. The van der Waals surface area contributed by atoms with Crippen molar-refractivity contribution in [1.82, 2.24) is 24.3 Å². The van der Waals surface area contributed by atoms with Crippen molar-refractivity contribution in [3.05, 3.63) is 34.2 Å². The summed E-state index contributed by atoms with van der Waals surface area (Å²) in [6, 6.07) is 5.37. The zero-order chi connectivity index (χ0) is 25.4. The summed E-state index contributed by atoms with van der Waals surface area (Å²) in [4.78, 5) is 41.6. The molecule has 0 bridgehead atoms. The van der Waals surface area contributed by atoms with Crippen molar-refractivity contribution in [1.29, 1.82) is 0 Å². The van der Waals surface area contributed by atoms with Crippen LogP contribution in [-0.2, 0) is 23.2 Å².